The summed E-state index contributed by atoms with van der Waals surface area (Å²) in [5.74, 6) is 0.845. The standard InChI is InChI=1S/C13H19NO2/c1-10(2)6-7-13(16)14-9-11-4-3-5-12(15)8-11/h3-5,8,10,15H,6-7,9H2,1-2H3,(H,14,16). The molecule has 0 unspecified atom stereocenters. The van der Waals surface area contributed by atoms with E-state index in [1.54, 1.807) is 18.2 Å². The largest absolute Gasteiger partial charge is 0.508 e. The molecule has 0 spiro atoms. The fraction of sp³-hybridized carbons (Fsp3) is 0.462. The molecule has 0 saturated heterocycles. The van der Waals surface area contributed by atoms with Gasteiger partial charge in [-0.3, -0.25) is 4.79 Å². The first-order valence-electron chi connectivity index (χ1n) is 5.62. The van der Waals surface area contributed by atoms with Gasteiger partial charge in [0.05, 0.1) is 0 Å². The molecule has 1 rings (SSSR count). The average molecular weight is 221 g/mol. The van der Waals surface area contributed by atoms with Gasteiger partial charge in [-0.25, -0.2) is 0 Å². The second-order valence-electron chi connectivity index (χ2n) is 4.38. The maximum Gasteiger partial charge on any atom is 0.220 e. The number of phenolic OH excluding ortho intramolecular Hbond substituents is 1. The topological polar surface area (TPSA) is 49.3 Å². The second-order valence-corrected chi connectivity index (χ2v) is 4.38. The number of amides is 1. The highest BCUT2D eigenvalue weighted by Crippen LogP contribution is 2.10. The van der Waals surface area contributed by atoms with E-state index < -0.39 is 0 Å². The first kappa shape index (κ1) is 12.6. The molecule has 0 fully saturated rings. The summed E-state index contributed by atoms with van der Waals surface area (Å²) in [6.07, 6.45) is 1.47. The minimum Gasteiger partial charge on any atom is -0.508 e. The van der Waals surface area contributed by atoms with Gasteiger partial charge in [-0.1, -0.05) is 26.0 Å². The summed E-state index contributed by atoms with van der Waals surface area (Å²) in [7, 11) is 0. The van der Waals surface area contributed by atoms with Crippen LogP contribution in [-0.4, -0.2) is 11.0 Å². The number of phenols is 1. The van der Waals surface area contributed by atoms with Gasteiger partial charge in [-0.05, 0) is 30.0 Å². The van der Waals surface area contributed by atoms with Gasteiger partial charge in [0.1, 0.15) is 5.75 Å². The molecule has 1 amide bonds. The third-order valence-electron chi connectivity index (χ3n) is 2.35. The van der Waals surface area contributed by atoms with E-state index >= 15 is 0 Å². The number of aromatic hydroxyl groups is 1. The van der Waals surface area contributed by atoms with Gasteiger partial charge < -0.3 is 10.4 Å². The van der Waals surface area contributed by atoms with Gasteiger partial charge in [0.15, 0.2) is 0 Å². The molecule has 0 atom stereocenters. The molecule has 1 aromatic rings. The lowest BCUT2D eigenvalue weighted by molar-refractivity contribution is -0.121. The fourth-order valence-corrected chi connectivity index (χ4v) is 1.38. The molecular weight excluding hydrogens is 202 g/mol. The number of benzene rings is 1. The van der Waals surface area contributed by atoms with Crippen LogP contribution in [0.2, 0.25) is 0 Å². The summed E-state index contributed by atoms with van der Waals surface area (Å²) < 4.78 is 0. The Hall–Kier alpha value is -1.51. The summed E-state index contributed by atoms with van der Waals surface area (Å²) in [5, 5.41) is 12.1. The van der Waals surface area contributed by atoms with Crippen molar-refractivity contribution in [1.82, 2.24) is 5.32 Å². The molecule has 3 nitrogen and oxygen atoms in total. The Kier molecular flexibility index (Phi) is 4.83. The van der Waals surface area contributed by atoms with Crippen LogP contribution in [0.4, 0.5) is 0 Å². The molecule has 0 heterocycles. The predicted molar refractivity (Wildman–Crippen MR) is 64.0 cm³/mol. The van der Waals surface area contributed by atoms with Crippen molar-refractivity contribution in [3.63, 3.8) is 0 Å². The minimum absolute atomic E-state index is 0.0667. The molecule has 0 aliphatic heterocycles. The van der Waals surface area contributed by atoms with Crippen molar-refractivity contribution in [3.8, 4) is 5.75 Å². The van der Waals surface area contributed by atoms with Crippen molar-refractivity contribution in [2.45, 2.75) is 33.2 Å². The van der Waals surface area contributed by atoms with Crippen molar-refractivity contribution in [2.24, 2.45) is 5.92 Å². The van der Waals surface area contributed by atoms with Gasteiger partial charge in [0.2, 0.25) is 5.91 Å². The third kappa shape index (κ3) is 4.82. The van der Waals surface area contributed by atoms with E-state index in [1.165, 1.54) is 0 Å². The molecule has 0 radical (unpaired) electrons. The summed E-state index contributed by atoms with van der Waals surface area (Å²) in [6, 6.07) is 6.92. The summed E-state index contributed by atoms with van der Waals surface area (Å²) in [4.78, 5) is 11.4. The Morgan fingerprint density at radius 2 is 2.19 bits per heavy atom. The predicted octanol–water partition coefficient (Wildman–Crippen LogP) is 2.44. The quantitative estimate of drug-likeness (QED) is 0.802. The van der Waals surface area contributed by atoms with Crippen molar-refractivity contribution in [1.29, 1.82) is 0 Å². The van der Waals surface area contributed by atoms with Crippen LogP contribution in [0.3, 0.4) is 0 Å². The zero-order valence-electron chi connectivity index (χ0n) is 9.86. The molecule has 0 aliphatic carbocycles. The monoisotopic (exact) mass is 221 g/mol. The first-order valence-corrected chi connectivity index (χ1v) is 5.62. The number of carbonyl (C=O) groups is 1. The van der Waals surface area contributed by atoms with Crippen LogP contribution < -0.4 is 5.32 Å². The third-order valence-corrected chi connectivity index (χ3v) is 2.35. The maximum atomic E-state index is 11.4. The van der Waals surface area contributed by atoms with E-state index in [0.29, 0.717) is 18.9 Å². The van der Waals surface area contributed by atoms with E-state index in [0.717, 1.165) is 12.0 Å². The van der Waals surface area contributed by atoms with E-state index in [-0.39, 0.29) is 11.7 Å². The van der Waals surface area contributed by atoms with Gasteiger partial charge in [-0.2, -0.15) is 0 Å². The Balaban J connectivity index is 2.31. The fourth-order valence-electron chi connectivity index (χ4n) is 1.38. The molecule has 16 heavy (non-hydrogen) atoms. The zero-order valence-corrected chi connectivity index (χ0v) is 9.86. The van der Waals surface area contributed by atoms with Gasteiger partial charge in [0.25, 0.3) is 0 Å². The van der Waals surface area contributed by atoms with E-state index in [4.69, 9.17) is 0 Å². The molecule has 1 aromatic carbocycles. The lowest BCUT2D eigenvalue weighted by Gasteiger charge is -2.07. The minimum atomic E-state index is 0.0667. The number of carbonyl (C=O) groups excluding carboxylic acids is 1. The second kappa shape index (κ2) is 6.16. The number of nitrogens with one attached hydrogen (secondary N) is 1. The molecular formula is C13H19NO2. The van der Waals surface area contributed by atoms with Crippen LogP contribution in [0.15, 0.2) is 24.3 Å². The van der Waals surface area contributed by atoms with Gasteiger partial charge >= 0.3 is 0 Å². The normalized spacial score (nSPS) is 10.4. The molecule has 2 N–H and O–H groups in total. The first-order chi connectivity index (χ1) is 7.58. The number of hydrogen-bond acceptors (Lipinski definition) is 2. The van der Waals surface area contributed by atoms with E-state index in [1.807, 2.05) is 6.07 Å². The van der Waals surface area contributed by atoms with Crippen molar-refractivity contribution >= 4 is 5.91 Å². The Morgan fingerprint density at radius 1 is 1.44 bits per heavy atom. The van der Waals surface area contributed by atoms with Crippen LogP contribution in [-0.2, 0) is 11.3 Å². The zero-order chi connectivity index (χ0) is 12.0. The van der Waals surface area contributed by atoms with E-state index in [2.05, 4.69) is 19.2 Å². The van der Waals surface area contributed by atoms with E-state index in [9.17, 15) is 9.90 Å². The van der Waals surface area contributed by atoms with Crippen molar-refractivity contribution in [2.75, 3.05) is 0 Å². The summed E-state index contributed by atoms with van der Waals surface area (Å²) >= 11 is 0. The Bertz CT molecular complexity index is 348. The number of rotatable bonds is 5. The van der Waals surface area contributed by atoms with Crippen molar-refractivity contribution < 1.29 is 9.90 Å². The van der Waals surface area contributed by atoms with Crippen LogP contribution in [0.1, 0.15) is 32.3 Å². The highest BCUT2D eigenvalue weighted by molar-refractivity contribution is 5.75. The SMILES string of the molecule is CC(C)CCC(=O)NCc1cccc(O)c1. The summed E-state index contributed by atoms with van der Waals surface area (Å²) in [6.45, 7) is 4.68. The number of hydrogen-bond donors (Lipinski definition) is 2. The smallest absolute Gasteiger partial charge is 0.220 e. The van der Waals surface area contributed by atoms with Gasteiger partial charge in [0, 0.05) is 13.0 Å². The van der Waals surface area contributed by atoms with Crippen LogP contribution >= 0.6 is 0 Å². The van der Waals surface area contributed by atoms with Crippen LogP contribution in [0.25, 0.3) is 0 Å². The lowest BCUT2D eigenvalue weighted by Crippen LogP contribution is -2.22. The molecule has 0 bridgehead atoms. The Labute approximate surface area is 96.5 Å². The average Bonchev–Trinajstić information content (AvgIpc) is 2.23. The molecule has 88 valence electrons. The highest BCUT2D eigenvalue weighted by Gasteiger charge is 2.03. The lowest BCUT2D eigenvalue weighted by atomic mass is 10.1. The molecule has 0 saturated carbocycles. The molecule has 0 aromatic heterocycles. The maximum absolute atomic E-state index is 11.4. The molecule has 3 heteroatoms. The van der Waals surface area contributed by atoms with Crippen LogP contribution in [0.5, 0.6) is 5.75 Å². The van der Waals surface area contributed by atoms with Gasteiger partial charge in [-0.15, -0.1) is 0 Å². The van der Waals surface area contributed by atoms with Crippen molar-refractivity contribution in [3.05, 3.63) is 29.8 Å². The molecule has 0 aliphatic rings. The summed E-state index contributed by atoms with van der Waals surface area (Å²) in [5.41, 5.74) is 0.915. The Morgan fingerprint density at radius 3 is 2.81 bits per heavy atom. The van der Waals surface area contributed by atoms with Crippen LogP contribution in [0, 0.1) is 5.92 Å². The highest BCUT2D eigenvalue weighted by atomic mass is 16.3.